The van der Waals surface area contributed by atoms with Gasteiger partial charge in [-0.2, -0.15) is 0 Å². The first-order chi connectivity index (χ1) is 13.5. The number of benzene rings is 2. The summed E-state index contributed by atoms with van der Waals surface area (Å²) in [5.74, 6) is 1.85. The van der Waals surface area contributed by atoms with E-state index in [4.69, 9.17) is 18.9 Å². The standard InChI is InChI=1S/C22H25NO5/c1-14-18(25-2)11-15(12-19(14)26-3)21(24)23-16-7-8-17-20(13-16)28-22(27-17)9-5-4-6-10-22/h7-8,11-13H,4-6,9-10H2,1-3H3,(H,23,24). The lowest BCUT2D eigenvalue weighted by Gasteiger charge is -2.31. The number of methoxy groups -OCH3 is 2. The molecule has 0 bridgehead atoms. The highest BCUT2D eigenvalue weighted by Gasteiger charge is 2.42. The molecule has 2 aliphatic rings. The lowest BCUT2D eigenvalue weighted by atomic mass is 9.94. The number of hydrogen-bond acceptors (Lipinski definition) is 5. The van der Waals surface area contributed by atoms with E-state index < -0.39 is 5.79 Å². The zero-order valence-electron chi connectivity index (χ0n) is 16.5. The van der Waals surface area contributed by atoms with E-state index >= 15 is 0 Å². The van der Waals surface area contributed by atoms with Gasteiger partial charge in [-0.25, -0.2) is 0 Å². The van der Waals surface area contributed by atoms with Crippen molar-refractivity contribution in [2.45, 2.75) is 44.8 Å². The molecule has 0 radical (unpaired) electrons. The molecule has 148 valence electrons. The third-order valence-electron chi connectivity index (χ3n) is 5.42. The van der Waals surface area contributed by atoms with Crippen LogP contribution < -0.4 is 24.3 Å². The Morgan fingerprint density at radius 1 is 0.964 bits per heavy atom. The van der Waals surface area contributed by atoms with E-state index in [0.29, 0.717) is 28.5 Å². The maximum Gasteiger partial charge on any atom is 0.255 e. The number of fused-ring (bicyclic) bond motifs is 1. The van der Waals surface area contributed by atoms with Crippen molar-refractivity contribution in [1.29, 1.82) is 0 Å². The van der Waals surface area contributed by atoms with Crippen molar-refractivity contribution in [3.8, 4) is 23.0 Å². The van der Waals surface area contributed by atoms with Crippen LogP contribution in [0.3, 0.4) is 0 Å². The summed E-state index contributed by atoms with van der Waals surface area (Å²) in [5.41, 5.74) is 1.96. The van der Waals surface area contributed by atoms with Gasteiger partial charge < -0.3 is 24.3 Å². The minimum absolute atomic E-state index is 0.247. The van der Waals surface area contributed by atoms with Gasteiger partial charge in [-0.1, -0.05) is 6.42 Å². The molecule has 1 heterocycles. The number of carbonyl (C=O) groups is 1. The summed E-state index contributed by atoms with van der Waals surface area (Å²) in [4.78, 5) is 12.8. The number of nitrogens with one attached hydrogen (secondary N) is 1. The Morgan fingerprint density at radius 2 is 1.61 bits per heavy atom. The first kappa shape index (κ1) is 18.5. The van der Waals surface area contributed by atoms with Crippen molar-refractivity contribution in [3.63, 3.8) is 0 Å². The molecule has 0 unspecified atom stereocenters. The molecular weight excluding hydrogens is 358 g/mol. The van der Waals surface area contributed by atoms with Crippen LogP contribution in [0.4, 0.5) is 5.69 Å². The number of ether oxygens (including phenoxy) is 4. The Morgan fingerprint density at radius 3 is 2.25 bits per heavy atom. The predicted molar refractivity (Wildman–Crippen MR) is 106 cm³/mol. The highest BCUT2D eigenvalue weighted by Crippen LogP contribution is 2.46. The smallest absolute Gasteiger partial charge is 0.255 e. The van der Waals surface area contributed by atoms with E-state index in [9.17, 15) is 4.79 Å². The number of carbonyl (C=O) groups excluding carboxylic acids is 1. The lowest BCUT2D eigenvalue weighted by molar-refractivity contribution is -0.105. The Hall–Kier alpha value is -2.89. The summed E-state index contributed by atoms with van der Waals surface area (Å²) in [5, 5.41) is 2.92. The quantitative estimate of drug-likeness (QED) is 0.829. The molecule has 0 saturated heterocycles. The average molecular weight is 383 g/mol. The summed E-state index contributed by atoms with van der Waals surface area (Å²) < 4.78 is 22.9. The molecule has 0 aromatic heterocycles. The Kier molecular flexibility index (Phi) is 4.79. The van der Waals surface area contributed by atoms with Crippen LogP contribution in [-0.4, -0.2) is 25.9 Å². The molecule has 6 heteroatoms. The summed E-state index contributed by atoms with van der Waals surface area (Å²) in [6, 6.07) is 8.91. The molecule has 28 heavy (non-hydrogen) atoms. The Balaban J connectivity index is 1.53. The summed E-state index contributed by atoms with van der Waals surface area (Å²) >= 11 is 0. The molecule has 1 spiro atoms. The predicted octanol–water partition coefficient (Wildman–Crippen LogP) is 4.70. The molecule has 2 aromatic rings. The molecule has 1 N–H and O–H groups in total. The first-order valence-corrected chi connectivity index (χ1v) is 9.60. The zero-order valence-corrected chi connectivity index (χ0v) is 16.5. The fourth-order valence-corrected chi connectivity index (χ4v) is 3.89. The lowest BCUT2D eigenvalue weighted by Crippen LogP contribution is -2.40. The van der Waals surface area contributed by atoms with E-state index in [1.54, 1.807) is 26.4 Å². The van der Waals surface area contributed by atoms with E-state index in [1.165, 1.54) is 6.42 Å². The van der Waals surface area contributed by atoms with Gasteiger partial charge in [0.1, 0.15) is 11.5 Å². The molecule has 0 atom stereocenters. The normalized spacial score (nSPS) is 16.7. The number of amides is 1. The van der Waals surface area contributed by atoms with Gasteiger partial charge in [0.05, 0.1) is 14.2 Å². The Labute approximate surface area is 164 Å². The molecule has 6 nitrogen and oxygen atoms in total. The largest absolute Gasteiger partial charge is 0.496 e. The van der Waals surface area contributed by atoms with E-state index in [1.807, 2.05) is 25.1 Å². The Bertz CT molecular complexity index is 877. The molecule has 1 aliphatic heterocycles. The molecule has 1 amide bonds. The van der Waals surface area contributed by atoms with Crippen LogP contribution in [0.2, 0.25) is 0 Å². The zero-order chi connectivity index (χ0) is 19.7. The second kappa shape index (κ2) is 7.26. The van der Waals surface area contributed by atoms with Crippen LogP contribution in [0.15, 0.2) is 30.3 Å². The molecule has 1 saturated carbocycles. The van der Waals surface area contributed by atoms with Crippen LogP contribution >= 0.6 is 0 Å². The van der Waals surface area contributed by atoms with Gasteiger partial charge in [0.2, 0.25) is 0 Å². The molecule has 1 fully saturated rings. The molecular formula is C22H25NO5. The SMILES string of the molecule is COc1cc(C(=O)Nc2ccc3c(c2)OC2(CCCCC2)O3)cc(OC)c1C. The topological polar surface area (TPSA) is 66.0 Å². The van der Waals surface area contributed by atoms with E-state index in [0.717, 1.165) is 37.0 Å². The van der Waals surface area contributed by atoms with Crippen molar-refractivity contribution in [2.24, 2.45) is 0 Å². The maximum absolute atomic E-state index is 12.8. The molecule has 1 aliphatic carbocycles. The van der Waals surface area contributed by atoms with Crippen LogP contribution in [0, 0.1) is 6.92 Å². The van der Waals surface area contributed by atoms with Crippen molar-refractivity contribution in [1.82, 2.24) is 0 Å². The van der Waals surface area contributed by atoms with Gasteiger partial charge >= 0.3 is 0 Å². The van der Waals surface area contributed by atoms with Crippen molar-refractivity contribution >= 4 is 11.6 Å². The maximum atomic E-state index is 12.8. The minimum Gasteiger partial charge on any atom is -0.496 e. The monoisotopic (exact) mass is 383 g/mol. The van der Waals surface area contributed by atoms with Gasteiger partial charge in [-0.05, 0) is 44.0 Å². The minimum atomic E-state index is -0.527. The highest BCUT2D eigenvalue weighted by molar-refractivity contribution is 6.05. The van der Waals surface area contributed by atoms with Crippen molar-refractivity contribution in [3.05, 3.63) is 41.5 Å². The summed E-state index contributed by atoms with van der Waals surface area (Å²) in [6.45, 7) is 1.89. The second-order valence-corrected chi connectivity index (χ2v) is 7.30. The van der Waals surface area contributed by atoms with Gasteiger partial charge in [0.15, 0.2) is 11.5 Å². The third kappa shape index (κ3) is 3.35. The van der Waals surface area contributed by atoms with E-state index in [-0.39, 0.29) is 5.91 Å². The number of anilines is 1. The van der Waals surface area contributed by atoms with Gasteiger partial charge in [-0.3, -0.25) is 4.79 Å². The van der Waals surface area contributed by atoms with Gasteiger partial charge in [-0.15, -0.1) is 0 Å². The third-order valence-corrected chi connectivity index (χ3v) is 5.42. The second-order valence-electron chi connectivity index (χ2n) is 7.30. The average Bonchev–Trinajstić information content (AvgIpc) is 3.05. The fourth-order valence-electron chi connectivity index (χ4n) is 3.89. The van der Waals surface area contributed by atoms with Gasteiger partial charge in [0, 0.05) is 35.7 Å². The number of hydrogen-bond donors (Lipinski definition) is 1. The first-order valence-electron chi connectivity index (χ1n) is 9.60. The van der Waals surface area contributed by atoms with Crippen molar-refractivity contribution < 1.29 is 23.7 Å². The van der Waals surface area contributed by atoms with Crippen LogP contribution in [0.5, 0.6) is 23.0 Å². The summed E-state index contributed by atoms with van der Waals surface area (Å²) in [7, 11) is 3.14. The van der Waals surface area contributed by atoms with Gasteiger partial charge in [0.25, 0.3) is 11.7 Å². The molecule has 2 aromatic carbocycles. The summed E-state index contributed by atoms with van der Waals surface area (Å²) in [6.07, 6.45) is 5.22. The highest BCUT2D eigenvalue weighted by atomic mass is 16.7. The van der Waals surface area contributed by atoms with Crippen LogP contribution in [-0.2, 0) is 0 Å². The fraction of sp³-hybridized carbons (Fsp3) is 0.409. The molecule has 4 rings (SSSR count). The van der Waals surface area contributed by atoms with Crippen LogP contribution in [0.25, 0.3) is 0 Å². The van der Waals surface area contributed by atoms with Crippen LogP contribution in [0.1, 0.15) is 48.0 Å². The number of rotatable bonds is 4. The van der Waals surface area contributed by atoms with E-state index in [2.05, 4.69) is 5.32 Å². The van der Waals surface area contributed by atoms with Crippen molar-refractivity contribution in [2.75, 3.05) is 19.5 Å².